The lowest BCUT2D eigenvalue weighted by Crippen LogP contribution is -2.60. The van der Waals surface area contributed by atoms with E-state index >= 15 is 0 Å². The van der Waals surface area contributed by atoms with Crippen molar-refractivity contribution in [2.45, 2.75) is 11.9 Å². The first-order valence-corrected chi connectivity index (χ1v) is 10.8. The summed E-state index contributed by atoms with van der Waals surface area (Å²) >= 11 is 0. The summed E-state index contributed by atoms with van der Waals surface area (Å²) in [6, 6.07) is 24.3. The monoisotopic (exact) mass is 458 g/mol. The lowest BCUT2D eigenvalue weighted by Gasteiger charge is -2.42. The molecule has 3 aromatic carbocycles. The Bertz CT molecular complexity index is 1200. The molecule has 1 fully saturated rings. The van der Waals surface area contributed by atoms with Crippen molar-refractivity contribution in [3.05, 3.63) is 102 Å². The summed E-state index contributed by atoms with van der Waals surface area (Å²) < 4.78 is 23.1. The number of ether oxygens (including phenoxy) is 4. The molecule has 2 atom stereocenters. The molecule has 0 radical (unpaired) electrons. The van der Waals surface area contributed by atoms with E-state index in [0.717, 1.165) is 0 Å². The van der Waals surface area contributed by atoms with Crippen molar-refractivity contribution >= 4 is 17.7 Å². The van der Waals surface area contributed by atoms with Gasteiger partial charge in [0.25, 0.3) is 0 Å². The average Bonchev–Trinajstić information content (AvgIpc) is 3.21. The molecule has 0 aliphatic carbocycles. The van der Waals surface area contributed by atoms with E-state index in [1.54, 1.807) is 84.9 Å². The number of carbonyl (C=O) groups excluding carboxylic acids is 3. The number of esters is 2. The van der Waals surface area contributed by atoms with Crippen LogP contribution in [0.4, 0.5) is 0 Å². The van der Waals surface area contributed by atoms with Gasteiger partial charge in [-0.25, -0.2) is 0 Å². The molecule has 172 valence electrons. The number of ketones is 1. The van der Waals surface area contributed by atoms with Crippen LogP contribution in [0.2, 0.25) is 0 Å². The van der Waals surface area contributed by atoms with Gasteiger partial charge < -0.3 is 18.9 Å². The van der Waals surface area contributed by atoms with Crippen LogP contribution in [0.3, 0.4) is 0 Å². The number of Topliss-reactive ketones (excluding diaryl/α,β-unsaturated/α-hetero) is 1. The molecule has 2 heterocycles. The highest BCUT2D eigenvalue weighted by Gasteiger charge is 2.79. The molecule has 0 bridgehead atoms. The number of carbonyl (C=O) groups is 3. The minimum Gasteiger partial charge on any atom is -0.468 e. The van der Waals surface area contributed by atoms with Crippen LogP contribution in [-0.2, 0) is 29.4 Å². The van der Waals surface area contributed by atoms with Crippen LogP contribution >= 0.6 is 0 Å². The third-order valence-corrected chi connectivity index (χ3v) is 6.64. The Labute approximate surface area is 196 Å². The van der Waals surface area contributed by atoms with Crippen LogP contribution in [0, 0.1) is 11.3 Å². The van der Waals surface area contributed by atoms with E-state index in [4.69, 9.17) is 18.9 Å². The highest BCUT2D eigenvalue weighted by Crippen LogP contribution is 2.63. The van der Waals surface area contributed by atoms with E-state index in [0.29, 0.717) is 16.9 Å². The van der Waals surface area contributed by atoms with Gasteiger partial charge in [-0.3, -0.25) is 14.4 Å². The van der Waals surface area contributed by atoms with Gasteiger partial charge in [-0.15, -0.1) is 0 Å². The maximum absolute atomic E-state index is 13.9. The van der Waals surface area contributed by atoms with Crippen LogP contribution in [0.15, 0.2) is 84.9 Å². The molecular formula is C27H22O7. The van der Waals surface area contributed by atoms with E-state index in [1.807, 2.05) is 0 Å². The van der Waals surface area contributed by atoms with Crippen LogP contribution in [0.1, 0.15) is 21.5 Å². The summed E-state index contributed by atoms with van der Waals surface area (Å²) in [6.45, 7) is 0. The zero-order valence-electron chi connectivity index (χ0n) is 18.6. The molecule has 0 aromatic heterocycles. The smallest absolute Gasteiger partial charge is 0.328 e. The fourth-order valence-electron chi connectivity index (χ4n) is 5.29. The van der Waals surface area contributed by atoms with Crippen LogP contribution < -0.4 is 4.74 Å². The number of benzene rings is 3. The molecule has 0 spiro atoms. The number of rotatable bonds is 4. The molecule has 2 aliphatic heterocycles. The minimum absolute atomic E-state index is 0.251. The van der Waals surface area contributed by atoms with Crippen molar-refractivity contribution < 1.29 is 33.3 Å². The fraction of sp³-hybridized carbons (Fsp3) is 0.222. The number of hydrogen-bond donors (Lipinski definition) is 0. The first kappa shape index (κ1) is 21.9. The molecule has 0 saturated carbocycles. The summed E-state index contributed by atoms with van der Waals surface area (Å²) in [5.41, 5.74) is -2.79. The second-order valence-electron chi connectivity index (χ2n) is 8.15. The van der Waals surface area contributed by atoms with Crippen molar-refractivity contribution in [1.29, 1.82) is 0 Å². The Morgan fingerprint density at radius 2 is 1.26 bits per heavy atom. The predicted octanol–water partition coefficient (Wildman–Crippen LogP) is 3.51. The van der Waals surface area contributed by atoms with Crippen molar-refractivity contribution in [3.8, 4) is 5.75 Å². The van der Waals surface area contributed by atoms with Crippen LogP contribution in [0.5, 0.6) is 5.75 Å². The standard InChI is InChI=1S/C27H22O7/c1-31-24(29)26(25(30)32-2)21-22(28)19-15-9-10-16-20(19)33-23(21)34-27(26,17-11-5-3-6-12-17)18-13-7-4-8-14-18/h3-16,21,23H,1-2H3/t21-,23+/m1/s1. The zero-order chi connectivity index (χ0) is 23.9. The van der Waals surface area contributed by atoms with E-state index in [2.05, 4.69) is 0 Å². The fourth-order valence-corrected chi connectivity index (χ4v) is 5.29. The van der Waals surface area contributed by atoms with Gasteiger partial charge in [-0.1, -0.05) is 72.8 Å². The first-order valence-electron chi connectivity index (χ1n) is 10.8. The Balaban J connectivity index is 1.91. The van der Waals surface area contributed by atoms with E-state index < -0.39 is 40.9 Å². The van der Waals surface area contributed by atoms with E-state index in [1.165, 1.54) is 14.2 Å². The number of para-hydroxylation sites is 1. The third-order valence-electron chi connectivity index (χ3n) is 6.64. The molecule has 3 aromatic rings. The summed E-state index contributed by atoms with van der Waals surface area (Å²) in [5.74, 6) is -3.40. The molecule has 2 aliphatic rings. The summed E-state index contributed by atoms with van der Waals surface area (Å²) in [5, 5.41) is 0. The average molecular weight is 458 g/mol. The number of fused-ring (bicyclic) bond motifs is 2. The Morgan fingerprint density at radius 1 is 0.765 bits per heavy atom. The van der Waals surface area contributed by atoms with Gasteiger partial charge in [0.05, 0.1) is 19.8 Å². The predicted molar refractivity (Wildman–Crippen MR) is 120 cm³/mol. The van der Waals surface area contributed by atoms with Crippen LogP contribution in [-0.4, -0.2) is 38.2 Å². The second-order valence-corrected chi connectivity index (χ2v) is 8.15. The highest BCUT2D eigenvalue weighted by molar-refractivity contribution is 6.13. The van der Waals surface area contributed by atoms with Gasteiger partial charge in [-0.2, -0.15) is 0 Å². The van der Waals surface area contributed by atoms with E-state index in [9.17, 15) is 14.4 Å². The quantitative estimate of drug-likeness (QED) is 0.437. The molecule has 0 amide bonds. The van der Waals surface area contributed by atoms with Gasteiger partial charge in [-0.05, 0) is 23.3 Å². The van der Waals surface area contributed by atoms with Crippen LogP contribution in [0.25, 0.3) is 0 Å². The lowest BCUT2D eigenvalue weighted by atomic mass is 9.58. The molecular weight excluding hydrogens is 436 g/mol. The van der Waals surface area contributed by atoms with Gasteiger partial charge in [0.2, 0.25) is 11.7 Å². The first-order chi connectivity index (χ1) is 16.5. The second kappa shape index (κ2) is 8.11. The summed E-state index contributed by atoms with van der Waals surface area (Å²) in [6.07, 6.45) is -1.25. The molecule has 0 N–H and O–H groups in total. The molecule has 1 saturated heterocycles. The highest BCUT2D eigenvalue weighted by atomic mass is 16.7. The number of hydrogen-bond acceptors (Lipinski definition) is 7. The topological polar surface area (TPSA) is 88.1 Å². The molecule has 5 rings (SSSR count). The Morgan fingerprint density at radius 3 is 1.79 bits per heavy atom. The summed E-state index contributed by atoms with van der Waals surface area (Å²) in [4.78, 5) is 41.5. The molecule has 7 heteroatoms. The van der Waals surface area contributed by atoms with Gasteiger partial charge >= 0.3 is 11.9 Å². The van der Waals surface area contributed by atoms with E-state index in [-0.39, 0.29) is 5.56 Å². The van der Waals surface area contributed by atoms with Gasteiger partial charge in [0.1, 0.15) is 11.7 Å². The zero-order valence-corrected chi connectivity index (χ0v) is 18.6. The maximum atomic E-state index is 13.9. The SMILES string of the molecule is COC(=O)C1(C(=O)OC)[C@@H]2C(=O)c3ccccc3O[C@H]2OC1(c1ccccc1)c1ccccc1. The normalized spacial score (nSPS) is 21.5. The van der Waals surface area contributed by atoms with Gasteiger partial charge in [0, 0.05) is 0 Å². The van der Waals surface area contributed by atoms with Crippen molar-refractivity contribution in [2.24, 2.45) is 11.3 Å². The maximum Gasteiger partial charge on any atom is 0.328 e. The molecule has 0 unspecified atom stereocenters. The largest absolute Gasteiger partial charge is 0.468 e. The Hall–Kier alpha value is -3.97. The minimum atomic E-state index is -2.23. The summed E-state index contributed by atoms with van der Waals surface area (Å²) in [7, 11) is 2.34. The van der Waals surface area contributed by atoms with Crippen molar-refractivity contribution in [2.75, 3.05) is 14.2 Å². The third kappa shape index (κ3) is 2.70. The molecule has 34 heavy (non-hydrogen) atoms. The van der Waals surface area contributed by atoms with Gasteiger partial charge in [0.15, 0.2) is 11.4 Å². The Kier molecular flexibility index (Phi) is 5.21. The van der Waals surface area contributed by atoms with Crippen molar-refractivity contribution in [1.82, 2.24) is 0 Å². The van der Waals surface area contributed by atoms with Crippen molar-refractivity contribution in [3.63, 3.8) is 0 Å². The number of methoxy groups -OCH3 is 2. The lowest BCUT2D eigenvalue weighted by molar-refractivity contribution is -0.184. The molecule has 7 nitrogen and oxygen atoms in total.